The summed E-state index contributed by atoms with van der Waals surface area (Å²) >= 11 is 0. The third-order valence-corrected chi connectivity index (χ3v) is 5.89. The van der Waals surface area contributed by atoms with Crippen LogP contribution in [0.4, 0.5) is 0 Å². The largest absolute Gasteiger partial charge is 0.497 e. The van der Waals surface area contributed by atoms with E-state index < -0.39 is 6.10 Å². The standard InChI is InChI=1S/C24H29NO5/c1-15-7-8-16(2)21(10-15)30-23-22(17-11-19(27-3)13-20(12-17)28-4)25(24(23)26)14-18-6-5-9-29-18/h7-8,10-13,18,22-23H,5-6,9,14H2,1-4H3/t18-,22+,23+/m0/s1. The molecule has 30 heavy (non-hydrogen) atoms. The molecular formula is C24H29NO5. The van der Waals surface area contributed by atoms with Crippen molar-refractivity contribution in [1.29, 1.82) is 0 Å². The quantitative estimate of drug-likeness (QED) is 0.648. The lowest BCUT2D eigenvalue weighted by Gasteiger charge is -2.47. The second-order valence-corrected chi connectivity index (χ2v) is 8.02. The number of likely N-dealkylation sites (tertiary alicyclic amines) is 1. The second kappa shape index (κ2) is 8.56. The van der Waals surface area contributed by atoms with E-state index >= 15 is 0 Å². The highest BCUT2D eigenvalue weighted by Gasteiger charge is 2.51. The molecule has 0 aliphatic carbocycles. The Balaban J connectivity index is 1.66. The highest BCUT2D eigenvalue weighted by atomic mass is 16.5. The summed E-state index contributed by atoms with van der Waals surface area (Å²) in [4.78, 5) is 15.0. The Kier molecular flexibility index (Phi) is 5.86. The van der Waals surface area contributed by atoms with Gasteiger partial charge in [-0.25, -0.2) is 0 Å². The Morgan fingerprint density at radius 2 is 1.80 bits per heavy atom. The average Bonchev–Trinajstić information content (AvgIpc) is 3.27. The second-order valence-electron chi connectivity index (χ2n) is 8.02. The molecular weight excluding hydrogens is 382 g/mol. The van der Waals surface area contributed by atoms with Crippen LogP contribution in [0, 0.1) is 13.8 Å². The van der Waals surface area contributed by atoms with Gasteiger partial charge in [0, 0.05) is 19.2 Å². The van der Waals surface area contributed by atoms with Gasteiger partial charge in [0.25, 0.3) is 5.91 Å². The van der Waals surface area contributed by atoms with Gasteiger partial charge >= 0.3 is 0 Å². The number of nitrogens with zero attached hydrogens (tertiary/aromatic N) is 1. The minimum atomic E-state index is -0.594. The molecule has 2 aromatic rings. The number of carbonyl (C=O) groups is 1. The van der Waals surface area contributed by atoms with E-state index in [0.29, 0.717) is 18.0 Å². The van der Waals surface area contributed by atoms with Crippen LogP contribution in [-0.4, -0.2) is 50.4 Å². The molecule has 0 saturated carbocycles. The van der Waals surface area contributed by atoms with Crippen LogP contribution in [0.3, 0.4) is 0 Å². The molecule has 1 amide bonds. The SMILES string of the molecule is COc1cc(OC)cc([C@@H]2[C@@H](Oc3cc(C)ccc3C)C(=O)N2C[C@@H]2CCCO2)c1. The van der Waals surface area contributed by atoms with Gasteiger partial charge in [0.1, 0.15) is 23.3 Å². The van der Waals surface area contributed by atoms with E-state index in [9.17, 15) is 4.79 Å². The van der Waals surface area contributed by atoms with Gasteiger partial charge in [-0.15, -0.1) is 0 Å². The summed E-state index contributed by atoms with van der Waals surface area (Å²) in [5.41, 5.74) is 3.03. The molecule has 160 valence electrons. The third kappa shape index (κ3) is 3.97. The number of hydrogen-bond acceptors (Lipinski definition) is 5. The van der Waals surface area contributed by atoms with Crippen LogP contribution in [0.2, 0.25) is 0 Å². The summed E-state index contributed by atoms with van der Waals surface area (Å²) in [5, 5.41) is 0. The van der Waals surface area contributed by atoms with Crippen LogP contribution < -0.4 is 14.2 Å². The fraction of sp³-hybridized carbons (Fsp3) is 0.458. The Hall–Kier alpha value is -2.73. The number of ether oxygens (including phenoxy) is 4. The normalized spacial score (nSPS) is 23.3. The molecule has 2 heterocycles. The molecule has 0 bridgehead atoms. The molecule has 2 saturated heterocycles. The van der Waals surface area contributed by atoms with Crippen molar-refractivity contribution >= 4 is 5.91 Å². The maximum atomic E-state index is 13.1. The third-order valence-electron chi connectivity index (χ3n) is 5.89. The Morgan fingerprint density at radius 3 is 2.43 bits per heavy atom. The molecule has 0 spiro atoms. The maximum absolute atomic E-state index is 13.1. The minimum absolute atomic E-state index is 0.0156. The molecule has 0 N–H and O–H groups in total. The molecule has 4 rings (SSSR count). The maximum Gasteiger partial charge on any atom is 0.266 e. The van der Waals surface area contributed by atoms with Gasteiger partial charge in [0.05, 0.1) is 20.3 Å². The predicted octanol–water partition coefficient (Wildman–Crippen LogP) is 3.83. The molecule has 2 aliphatic rings. The van der Waals surface area contributed by atoms with E-state index in [4.69, 9.17) is 18.9 Å². The average molecular weight is 411 g/mol. The number of hydrogen-bond donors (Lipinski definition) is 0. The Bertz CT molecular complexity index is 900. The number of β-lactam (4-membered cyclic amide) rings is 1. The van der Waals surface area contributed by atoms with Gasteiger partial charge in [-0.2, -0.15) is 0 Å². The highest BCUT2D eigenvalue weighted by Crippen LogP contribution is 2.41. The Morgan fingerprint density at radius 1 is 1.07 bits per heavy atom. The number of aryl methyl sites for hydroxylation is 2. The summed E-state index contributed by atoms with van der Waals surface area (Å²) in [6.07, 6.45) is 1.49. The number of carbonyl (C=O) groups excluding carboxylic acids is 1. The van der Waals surface area contributed by atoms with Crippen LogP contribution in [0.25, 0.3) is 0 Å². The first kappa shape index (κ1) is 20.5. The molecule has 6 nitrogen and oxygen atoms in total. The molecule has 3 atom stereocenters. The molecule has 2 aliphatic heterocycles. The zero-order valence-corrected chi connectivity index (χ0v) is 18.0. The zero-order chi connectivity index (χ0) is 21.3. The molecule has 6 heteroatoms. The lowest BCUT2D eigenvalue weighted by atomic mass is 9.89. The van der Waals surface area contributed by atoms with Crippen LogP contribution in [0.1, 0.15) is 35.6 Å². The van der Waals surface area contributed by atoms with Crippen LogP contribution in [-0.2, 0) is 9.53 Å². The first-order valence-corrected chi connectivity index (χ1v) is 10.4. The molecule has 0 unspecified atom stereocenters. The van der Waals surface area contributed by atoms with E-state index in [2.05, 4.69) is 0 Å². The van der Waals surface area contributed by atoms with Gasteiger partial charge in [-0.05, 0) is 61.6 Å². The van der Waals surface area contributed by atoms with Crippen molar-refractivity contribution in [2.75, 3.05) is 27.4 Å². The highest BCUT2D eigenvalue weighted by molar-refractivity contribution is 5.89. The summed E-state index contributed by atoms with van der Waals surface area (Å²) in [5.74, 6) is 2.10. The first-order valence-electron chi connectivity index (χ1n) is 10.4. The smallest absolute Gasteiger partial charge is 0.266 e. The molecule has 2 aromatic carbocycles. The van der Waals surface area contributed by atoms with E-state index in [1.165, 1.54) is 0 Å². The van der Waals surface area contributed by atoms with Gasteiger partial charge in [-0.1, -0.05) is 12.1 Å². The summed E-state index contributed by atoms with van der Waals surface area (Å²) in [6.45, 7) is 5.33. The number of rotatable bonds is 7. The Labute approximate surface area is 177 Å². The van der Waals surface area contributed by atoms with Gasteiger partial charge in [0.2, 0.25) is 6.10 Å². The lowest BCUT2D eigenvalue weighted by molar-refractivity contribution is -0.167. The van der Waals surface area contributed by atoms with Crippen molar-refractivity contribution in [3.8, 4) is 17.2 Å². The van der Waals surface area contributed by atoms with Crippen molar-refractivity contribution < 1.29 is 23.7 Å². The van der Waals surface area contributed by atoms with E-state index in [-0.39, 0.29) is 18.1 Å². The topological polar surface area (TPSA) is 57.2 Å². The van der Waals surface area contributed by atoms with Crippen molar-refractivity contribution in [2.24, 2.45) is 0 Å². The van der Waals surface area contributed by atoms with Crippen LogP contribution >= 0.6 is 0 Å². The summed E-state index contributed by atoms with van der Waals surface area (Å²) in [7, 11) is 3.25. The first-order chi connectivity index (χ1) is 14.5. The van der Waals surface area contributed by atoms with E-state index in [1.807, 2.05) is 55.1 Å². The van der Waals surface area contributed by atoms with Gasteiger partial charge in [0.15, 0.2) is 0 Å². The monoisotopic (exact) mass is 411 g/mol. The zero-order valence-electron chi connectivity index (χ0n) is 18.0. The van der Waals surface area contributed by atoms with Crippen LogP contribution in [0.5, 0.6) is 17.2 Å². The number of methoxy groups -OCH3 is 2. The van der Waals surface area contributed by atoms with Crippen LogP contribution in [0.15, 0.2) is 36.4 Å². The molecule has 0 aromatic heterocycles. The van der Waals surface area contributed by atoms with Gasteiger partial charge in [-0.3, -0.25) is 4.79 Å². The van der Waals surface area contributed by atoms with E-state index in [1.54, 1.807) is 14.2 Å². The summed E-state index contributed by atoms with van der Waals surface area (Å²) in [6, 6.07) is 11.5. The molecule has 0 radical (unpaired) electrons. The van der Waals surface area contributed by atoms with Crippen molar-refractivity contribution in [3.05, 3.63) is 53.1 Å². The van der Waals surface area contributed by atoms with Gasteiger partial charge < -0.3 is 23.8 Å². The fourth-order valence-corrected chi connectivity index (χ4v) is 4.17. The predicted molar refractivity (Wildman–Crippen MR) is 113 cm³/mol. The minimum Gasteiger partial charge on any atom is -0.497 e. The lowest BCUT2D eigenvalue weighted by Crippen LogP contribution is -2.62. The van der Waals surface area contributed by atoms with E-state index in [0.717, 1.165) is 41.9 Å². The number of benzene rings is 2. The number of amides is 1. The molecule has 2 fully saturated rings. The van der Waals surface area contributed by atoms with Crippen molar-refractivity contribution in [2.45, 2.75) is 44.9 Å². The fourth-order valence-electron chi connectivity index (χ4n) is 4.17. The van der Waals surface area contributed by atoms with Crippen molar-refractivity contribution in [3.63, 3.8) is 0 Å². The summed E-state index contributed by atoms with van der Waals surface area (Å²) < 4.78 is 23.0. The van der Waals surface area contributed by atoms with Crippen molar-refractivity contribution in [1.82, 2.24) is 4.90 Å².